The van der Waals surface area contributed by atoms with Gasteiger partial charge in [0.2, 0.25) is 11.8 Å². The Labute approximate surface area is 177 Å². The van der Waals surface area contributed by atoms with Crippen LogP contribution in [0.1, 0.15) is 47.9 Å². The fourth-order valence-electron chi connectivity index (χ4n) is 3.84. The monoisotopic (exact) mass is 410 g/mol. The van der Waals surface area contributed by atoms with Crippen molar-refractivity contribution in [2.45, 2.75) is 39.7 Å². The van der Waals surface area contributed by atoms with Crippen LogP contribution in [0.5, 0.6) is 0 Å². The Balaban J connectivity index is 1.86. The van der Waals surface area contributed by atoms with Gasteiger partial charge in [-0.15, -0.1) is 17.9 Å². The number of rotatable bonds is 7. The molecule has 29 heavy (non-hydrogen) atoms. The summed E-state index contributed by atoms with van der Waals surface area (Å²) in [6, 6.07) is 10.4. The fourth-order valence-corrected chi connectivity index (χ4v) is 4.74. The van der Waals surface area contributed by atoms with Crippen LogP contribution in [0.3, 0.4) is 0 Å². The first-order valence-electron chi connectivity index (χ1n) is 10.2. The molecule has 2 aromatic rings. The number of aryl methyl sites for hydroxylation is 1. The molecule has 2 heterocycles. The molecule has 0 fully saturated rings. The Hall–Kier alpha value is -2.40. The van der Waals surface area contributed by atoms with E-state index in [-0.39, 0.29) is 30.3 Å². The van der Waals surface area contributed by atoms with Crippen LogP contribution in [0.4, 0.5) is 0 Å². The second-order valence-corrected chi connectivity index (χ2v) is 9.11. The van der Waals surface area contributed by atoms with E-state index in [0.717, 1.165) is 12.0 Å². The highest BCUT2D eigenvalue weighted by Gasteiger charge is 2.33. The Bertz CT molecular complexity index is 869. The minimum Gasteiger partial charge on any atom is -0.330 e. The summed E-state index contributed by atoms with van der Waals surface area (Å²) in [6.07, 6.45) is 3.00. The third-order valence-electron chi connectivity index (χ3n) is 5.29. The Kier molecular flexibility index (Phi) is 6.91. The van der Waals surface area contributed by atoms with E-state index in [1.165, 1.54) is 16.0 Å². The molecule has 0 saturated heterocycles. The van der Waals surface area contributed by atoms with Crippen LogP contribution >= 0.6 is 11.3 Å². The van der Waals surface area contributed by atoms with Crippen LogP contribution in [-0.4, -0.2) is 41.2 Å². The van der Waals surface area contributed by atoms with Gasteiger partial charge in [-0.2, -0.15) is 0 Å². The molecule has 1 atom stereocenters. The van der Waals surface area contributed by atoms with E-state index in [9.17, 15) is 9.59 Å². The van der Waals surface area contributed by atoms with Crippen LogP contribution in [0.15, 0.2) is 48.4 Å². The number of hydrogen-bond donors (Lipinski definition) is 0. The molecular weight excluding hydrogens is 380 g/mol. The first-order chi connectivity index (χ1) is 13.9. The minimum atomic E-state index is -0.0936. The van der Waals surface area contributed by atoms with Crippen LogP contribution in [0.25, 0.3) is 0 Å². The number of carbonyl (C=O) groups is 2. The number of fused-ring (bicyclic) bond motifs is 1. The van der Waals surface area contributed by atoms with E-state index in [2.05, 4.69) is 49.2 Å². The average Bonchev–Trinajstić information content (AvgIpc) is 3.16. The highest BCUT2D eigenvalue weighted by atomic mass is 32.1. The maximum atomic E-state index is 13.4. The highest BCUT2D eigenvalue weighted by Crippen LogP contribution is 2.38. The summed E-state index contributed by atoms with van der Waals surface area (Å²) in [5.41, 5.74) is 3.53. The van der Waals surface area contributed by atoms with Gasteiger partial charge in [-0.25, -0.2) is 0 Å². The predicted molar refractivity (Wildman–Crippen MR) is 119 cm³/mol. The number of thiophene rings is 1. The van der Waals surface area contributed by atoms with Gasteiger partial charge < -0.3 is 9.80 Å². The van der Waals surface area contributed by atoms with Crippen molar-refractivity contribution in [3.63, 3.8) is 0 Å². The van der Waals surface area contributed by atoms with Gasteiger partial charge >= 0.3 is 0 Å². The normalized spacial score (nSPS) is 15.9. The molecule has 1 aliphatic rings. The number of hydrogen-bond acceptors (Lipinski definition) is 3. The maximum absolute atomic E-state index is 13.4. The lowest BCUT2D eigenvalue weighted by Gasteiger charge is -2.37. The summed E-state index contributed by atoms with van der Waals surface area (Å²) in [4.78, 5) is 30.9. The molecule has 0 spiro atoms. The summed E-state index contributed by atoms with van der Waals surface area (Å²) in [5, 5.41) is 2.11. The number of nitrogens with zero attached hydrogens (tertiary/aromatic N) is 2. The van der Waals surface area contributed by atoms with E-state index < -0.39 is 0 Å². The largest absolute Gasteiger partial charge is 0.330 e. The molecule has 0 unspecified atom stereocenters. The molecule has 2 amide bonds. The average molecular weight is 411 g/mol. The number of benzene rings is 1. The first-order valence-corrected chi connectivity index (χ1v) is 11.1. The third kappa shape index (κ3) is 4.96. The Morgan fingerprint density at radius 1 is 1.28 bits per heavy atom. The molecule has 0 saturated carbocycles. The summed E-state index contributed by atoms with van der Waals surface area (Å²) < 4.78 is 0. The van der Waals surface area contributed by atoms with Crippen LogP contribution in [0, 0.1) is 12.8 Å². The van der Waals surface area contributed by atoms with E-state index >= 15 is 0 Å². The van der Waals surface area contributed by atoms with Gasteiger partial charge in [0.25, 0.3) is 0 Å². The SMILES string of the molecule is C=CCN(CC(=O)N1CCc2sccc2[C@@H]1c1ccc(C)cc1)C(=O)CC(C)C. The van der Waals surface area contributed by atoms with E-state index in [1.807, 2.05) is 18.7 Å². The molecule has 1 aliphatic heterocycles. The molecule has 0 radical (unpaired) electrons. The quantitative estimate of drug-likeness (QED) is 0.626. The lowest BCUT2D eigenvalue weighted by atomic mass is 9.92. The van der Waals surface area contributed by atoms with Crippen molar-refractivity contribution < 1.29 is 9.59 Å². The summed E-state index contributed by atoms with van der Waals surface area (Å²) in [5.74, 6) is 0.258. The van der Waals surface area contributed by atoms with Crippen molar-refractivity contribution in [3.05, 3.63) is 69.9 Å². The zero-order valence-electron chi connectivity index (χ0n) is 17.6. The molecular formula is C24H30N2O2S. The minimum absolute atomic E-state index is 0.00775. The van der Waals surface area contributed by atoms with Gasteiger partial charge in [-0.1, -0.05) is 49.8 Å². The topological polar surface area (TPSA) is 40.6 Å². The molecule has 0 aliphatic carbocycles. The molecule has 0 bridgehead atoms. The molecule has 154 valence electrons. The maximum Gasteiger partial charge on any atom is 0.243 e. The van der Waals surface area contributed by atoms with Gasteiger partial charge in [-0.05, 0) is 41.8 Å². The van der Waals surface area contributed by atoms with Crippen molar-refractivity contribution >= 4 is 23.2 Å². The lowest BCUT2D eigenvalue weighted by Crippen LogP contribution is -2.47. The predicted octanol–water partition coefficient (Wildman–Crippen LogP) is 4.59. The Morgan fingerprint density at radius 2 is 2.00 bits per heavy atom. The van der Waals surface area contributed by atoms with Gasteiger partial charge in [0, 0.05) is 24.4 Å². The van der Waals surface area contributed by atoms with Crippen molar-refractivity contribution in [2.75, 3.05) is 19.6 Å². The van der Waals surface area contributed by atoms with E-state index in [0.29, 0.717) is 19.5 Å². The number of amides is 2. The fraction of sp³-hybridized carbons (Fsp3) is 0.417. The number of carbonyl (C=O) groups excluding carboxylic acids is 2. The third-order valence-corrected chi connectivity index (χ3v) is 6.29. The van der Waals surface area contributed by atoms with Gasteiger partial charge in [0.15, 0.2) is 0 Å². The van der Waals surface area contributed by atoms with Crippen LogP contribution in [0.2, 0.25) is 0 Å². The van der Waals surface area contributed by atoms with Gasteiger partial charge in [0.1, 0.15) is 6.54 Å². The van der Waals surface area contributed by atoms with Crippen LogP contribution in [-0.2, 0) is 16.0 Å². The van der Waals surface area contributed by atoms with Gasteiger partial charge in [0.05, 0.1) is 6.04 Å². The molecule has 4 nitrogen and oxygen atoms in total. The summed E-state index contributed by atoms with van der Waals surface area (Å²) in [7, 11) is 0. The first kappa shape index (κ1) is 21.3. The van der Waals surface area contributed by atoms with Crippen molar-refractivity contribution in [3.8, 4) is 0 Å². The second-order valence-electron chi connectivity index (χ2n) is 8.11. The highest BCUT2D eigenvalue weighted by molar-refractivity contribution is 7.10. The van der Waals surface area contributed by atoms with E-state index in [1.54, 1.807) is 22.3 Å². The van der Waals surface area contributed by atoms with E-state index in [4.69, 9.17) is 0 Å². The molecule has 1 aromatic carbocycles. The molecule has 0 N–H and O–H groups in total. The van der Waals surface area contributed by atoms with Crippen molar-refractivity contribution in [1.29, 1.82) is 0 Å². The zero-order chi connectivity index (χ0) is 21.0. The standard InChI is InChI=1S/C24H30N2O2S/c1-5-12-25(22(27)15-17(2)3)16-23(28)26-13-10-21-20(11-14-29-21)24(26)19-8-6-18(4)7-9-19/h5-9,11,14,17,24H,1,10,12-13,15-16H2,2-4H3/t24-/m0/s1. The van der Waals surface area contributed by atoms with Gasteiger partial charge in [-0.3, -0.25) is 9.59 Å². The van der Waals surface area contributed by atoms with Crippen molar-refractivity contribution in [1.82, 2.24) is 9.80 Å². The van der Waals surface area contributed by atoms with Crippen LogP contribution < -0.4 is 0 Å². The van der Waals surface area contributed by atoms with Crippen molar-refractivity contribution in [2.24, 2.45) is 5.92 Å². The second kappa shape index (κ2) is 9.40. The Morgan fingerprint density at radius 3 is 2.66 bits per heavy atom. The molecule has 5 heteroatoms. The summed E-state index contributed by atoms with van der Waals surface area (Å²) in [6.45, 7) is 11.0. The smallest absolute Gasteiger partial charge is 0.243 e. The summed E-state index contributed by atoms with van der Waals surface area (Å²) >= 11 is 1.76. The molecule has 1 aromatic heterocycles. The molecule has 3 rings (SSSR count). The lowest BCUT2D eigenvalue weighted by molar-refractivity contribution is -0.141. The zero-order valence-corrected chi connectivity index (χ0v) is 18.4.